The van der Waals surface area contributed by atoms with E-state index in [-0.39, 0.29) is 0 Å². The van der Waals surface area contributed by atoms with E-state index >= 15 is 0 Å². The molecule has 0 radical (unpaired) electrons. The third-order valence-corrected chi connectivity index (χ3v) is 3.95. The number of anilines is 1. The minimum atomic E-state index is 0.753. The fourth-order valence-corrected chi connectivity index (χ4v) is 2.69. The molecule has 1 heterocycles. The van der Waals surface area contributed by atoms with Crippen LogP contribution < -0.4 is 5.73 Å². The van der Waals surface area contributed by atoms with E-state index in [0.29, 0.717) is 0 Å². The Hall–Kier alpha value is -1.29. The smallest absolute Gasteiger partial charge is 0.129 e. The molecule has 0 spiro atoms. The molecule has 1 aromatic heterocycles. The first-order valence-electron chi connectivity index (χ1n) is 6.22. The monoisotopic (exact) mass is 305 g/mol. The number of nitrogens with zero attached hydrogens (tertiary/aromatic N) is 2. The largest absolute Gasteiger partial charge is 0.383 e. The van der Waals surface area contributed by atoms with Gasteiger partial charge in [-0.1, -0.05) is 28.1 Å². The molecular formula is C14H16BrN3. The second kappa shape index (κ2) is 4.43. The van der Waals surface area contributed by atoms with Gasteiger partial charge in [0.05, 0.1) is 5.69 Å². The molecule has 3 nitrogen and oxygen atoms in total. The van der Waals surface area contributed by atoms with Crippen molar-refractivity contribution in [2.75, 3.05) is 5.73 Å². The highest BCUT2D eigenvalue weighted by molar-refractivity contribution is 9.10. The van der Waals surface area contributed by atoms with Crippen LogP contribution in [0, 0.1) is 5.92 Å². The summed E-state index contributed by atoms with van der Waals surface area (Å²) in [5.74, 6) is 1.56. The molecule has 0 atom stereocenters. The summed E-state index contributed by atoms with van der Waals surface area (Å²) >= 11 is 3.51. The van der Waals surface area contributed by atoms with Gasteiger partial charge >= 0.3 is 0 Å². The van der Waals surface area contributed by atoms with Crippen LogP contribution in [0.25, 0.3) is 11.1 Å². The zero-order valence-corrected chi connectivity index (χ0v) is 11.9. The number of rotatable bonds is 3. The van der Waals surface area contributed by atoms with E-state index in [9.17, 15) is 0 Å². The summed E-state index contributed by atoms with van der Waals surface area (Å²) in [6.07, 6.45) is 3.70. The van der Waals surface area contributed by atoms with Crippen molar-refractivity contribution in [2.45, 2.75) is 19.3 Å². The summed E-state index contributed by atoms with van der Waals surface area (Å²) in [5, 5.41) is 4.57. The van der Waals surface area contributed by atoms with Crippen LogP contribution >= 0.6 is 15.9 Å². The second-order valence-corrected chi connectivity index (χ2v) is 5.90. The van der Waals surface area contributed by atoms with Crippen molar-refractivity contribution in [3.05, 3.63) is 34.4 Å². The average Bonchev–Trinajstić information content (AvgIpc) is 3.08. The summed E-state index contributed by atoms with van der Waals surface area (Å²) in [6.45, 7) is 0. The second-order valence-electron chi connectivity index (χ2n) is 4.99. The van der Waals surface area contributed by atoms with E-state index in [1.165, 1.54) is 12.8 Å². The molecular weight excluding hydrogens is 290 g/mol. The average molecular weight is 306 g/mol. The van der Waals surface area contributed by atoms with Crippen LogP contribution in [-0.4, -0.2) is 9.78 Å². The van der Waals surface area contributed by atoms with Gasteiger partial charge in [-0.05, 0) is 42.9 Å². The molecule has 1 aromatic carbocycles. The first-order valence-corrected chi connectivity index (χ1v) is 7.01. The van der Waals surface area contributed by atoms with Crippen LogP contribution in [0.3, 0.4) is 0 Å². The van der Waals surface area contributed by atoms with Crippen LogP contribution in [-0.2, 0) is 13.5 Å². The third-order valence-electron chi connectivity index (χ3n) is 3.46. The molecule has 1 fully saturated rings. The maximum atomic E-state index is 6.17. The quantitative estimate of drug-likeness (QED) is 0.944. The highest BCUT2D eigenvalue weighted by Crippen LogP contribution is 2.37. The minimum absolute atomic E-state index is 0.753. The number of benzene rings is 1. The molecule has 94 valence electrons. The van der Waals surface area contributed by atoms with Crippen LogP contribution in [0.15, 0.2) is 28.7 Å². The van der Waals surface area contributed by atoms with Crippen LogP contribution in [0.5, 0.6) is 0 Å². The van der Waals surface area contributed by atoms with Gasteiger partial charge in [0.1, 0.15) is 5.82 Å². The summed E-state index contributed by atoms with van der Waals surface area (Å²) in [6, 6.07) is 8.25. The summed E-state index contributed by atoms with van der Waals surface area (Å²) in [4.78, 5) is 0. The lowest BCUT2D eigenvalue weighted by Gasteiger charge is -2.04. The Labute approximate surface area is 115 Å². The Morgan fingerprint density at radius 3 is 2.89 bits per heavy atom. The Balaban J connectivity index is 2.08. The van der Waals surface area contributed by atoms with Crippen LogP contribution in [0.4, 0.5) is 5.82 Å². The van der Waals surface area contributed by atoms with E-state index in [4.69, 9.17) is 5.73 Å². The zero-order chi connectivity index (χ0) is 12.7. The van der Waals surface area contributed by atoms with Crippen molar-refractivity contribution in [1.82, 2.24) is 9.78 Å². The Morgan fingerprint density at radius 2 is 2.22 bits per heavy atom. The van der Waals surface area contributed by atoms with Gasteiger partial charge in [0.2, 0.25) is 0 Å². The highest BCUT2D eigenvalue weighted by atomic mass is 79.9. The molecule has 0 unspecified atom stereocenters. The van der Waals surface area contributed by atoms with Gasteiger partial charge in [-0.15, -0.1) is 0 Å². The van der Waals surface area contributed by atoms with Crippen molar-refractivity contribution in [1.29, 1.82) is 0 Å². The van der Waals surface area contributed by atoms with Crippen molar-refractivity contribution in [3.63, 3.8) is 0 Å². The highest BCUT2D eigenvalue weighted by Gasteiger charge is 2.26. The number of nitrogen functional groups attached to an aromatic ring is 1. The number of halogens is 1. The van der Waals surface area contributed by atoms with Gasteiger partial charge in [-0.25, -0.2) is 0 Å². The van der Waals surface area contributed by atoms with E-state index in [1.54, 1.807) is 4.68 Å². The van der Waals surface area contributed by atoms with E-state index in [0.717, 1.165) is 39.5 Å². The SMILES string of the molecule is Cn1nc(CC2CC2)c(-c2cccc(Br)c2)c1N. The molecule has 2 N–H and O–H groups in total. The summed E-state index contributed by atoms with van der Waals surface area (Å²) in [5.41, 5.74) is 9.55. The third kappa shape index (κ3) is 2.17. The topological polar surface area (TPSA) is 43.8 Å². The predicted octanol–water partition coefficient (Wildman–Crippen LogP) is 3.38. The molecule has 0 aliphatic heterocycles. The van der Waals surface area contributed by atoms with Gasteiger partial charge in [0, 0.05) is 17.1 Å². The minimum Gasteiger partial charge on any atom is -0.383 e. The Morgan fingerprint density at radius 1 is 1.44 bits per heavy atom. The molecule has 0 saturated heterocycles. The molecule has 4 heteroatoms. The van der Waals surface area contributed by atoms with Crippen molar-refractivity contribution >= 4 is 21.7 Å². The van der Waals surface area contributed by atoms with E-state index in [2.05, 4.69) is 33.2 Å². The molecule has 3 rings (SSSR count). The molecule has 0 amide bonds. The van der Waals surface area contributed by atoms with Crippen LogP contribution in [0.2, 0.25) is 0 Å². The van der Waals surface area contributed by atoms with E-state index < -0.39 is 0 Å². The van der Waals surface area contributed by atoms with Crippen molar-refractivity contribution < 1.29 is 0 Å². The summed E-state index contributed by atoms with van der Waals surface area (Å²) in [7, 11) is 1.91. The lowest BCUT2D eigenvalue weighted by atomic mass is 10.0. The fraction of sp³-hybridized carbons (Fsp3) is 0.357. The maximum absolute atomic E-state index is 6.17. The van der Waals surface area contributed by atoms with Crippen LogP contribution in [0.1, 0.15) is 18.5 Å². The summed E-state index contributed by atoms with van der Waals surface area (Å²) < 4.78 is 2.86. The first kappa shape index (κ1) is 11.8. The molecule has 18 heavy (non-hydrogen) atoms. The molecule has 2 aromatic rings. The van der Waals surface area contributed by atoms with E-state index in [1.807, 2.05) is 19.2 Å². The van der Waals surface area contributed by atoms with Crippen molar-refractivity contribution in [2.24, 2.45) is 13.0 Å². The number of aryl methyl sites for hydroxylation is 1. The Bertz CT molecular complexity index is 585. The molecule has 1 aliphatic carbocycles. The molecule has 0 bridgehead atoms. The maximum Gasteiger partial charge on any atom is 0.129 e. The van der Waals surface area contributed by atoms with Crippen molar-refractivity contribution in [3.8, 4) is 11.1 Å². The fourth-order valence-electron chi connectivity index (χ4n) is 2.29. The van der Waals surface area contributed by atoms with Gasteiger partial charge in [0.25, 0.3) is 0 Å². The number of hydrogen-bond donors (Lipinski definition) is 1. The lowest BCUT2D eigenvalue weighted by molar-refractivity contribution is 0.722. The molecule has 1 aliphatic rings. The standard InChI is InChI=1S/C14H16BrN3/c1-18-14(16)13(10-3-2-4-11(15)8-10)12(17-18)7-9-5-6-9/h2-4,8-9H,5-7,16H2,1H3. The Kier molecular flexibility index (Phi) is 2.90. The number of hydrogen-bond acceptors (Lipinski definition) is 2. The van der Waals surface area contributed by atoms with Gasteiger partial charge in [-0.3, -0.25) is 4.68 Å². The number of aromatic nitrogens is 2. The number of nitrogens with two attached hydrogens (primary N) is 1. The lowest BCUT2D eigenvalue weighted by Crippen LogP contribution is -1.98. The molecule has 1 saturated carbocycles. The van der Waals surface area contributed by atoms with Gasteiger partial charge in [-0.2, -0.15) is 5.10 Å². The zero-order valence-electron chi connectivity index (χ0n) is 10.4. The normalized spacial score (nSPS) is 15.0. The predicted molar refractivity (Wildman–Crippen MR) is 77.2 cm³/mol. The van der Waals surface area contributed by atoms with Gasteiger partial charge in [0.15, 0.2) is 0 Å². The first-order chi connectivity index (χ1) is 8.65. The van der Waals surface area contributed by atoms with Gasteiger partial charge < -0.3 is 5.73 Å².